The van der Waals surface area contributed by atoms with Gasteiger partial charge in [-0.1, -0.05) is 13.0 Å². The number of nitrogens with zero attached hydrogens (tertiary/aromatic N) is 2. The molecule has 0 bridgehead atoms. The highest BCUT2D eigenvalue weighted by Crippen LogP contribution is 2.43. The normalized spacial score (nSPS) is 22.3. The van der Waals surface area contributed by atoms with Crippen molar-refractivity contribution < 1.29 is 0 Å². The van der Waals surface area contributed by atoms with Crippen molar-refractivity contribution in [1.82, 2.24) is 14.9 Å². The zero-order chi connectivity index (χ0) is 13.7. The predicted octanol–water partition coefficient (Wildman–Crippen LogP) is 3.32. The lowest BCUT2D eigenvalue weighted by atomic mass is 9.80. The van der Waals surface area contributed by atoms with Crippen LogP contribution in [0.3, 0.4) is 0 Å². The van der Waals surface area contributed by atoms with Crippen LogP contribution in [0.2, 0.25) is 0 Å². The van der Waals surface area contributed by atoms with Crippen LogP contribution >= 0.6 is 0 Å². The van der Waals surface area contributed by atoms with Crippen LogP contribution in [0.1, 0.15) is 50.0 Å². The molecule has 1 aromatic heterocycles. The van der Waals surface area contributed by atoms with Gasteiger partial charge in [0.15, 0.2) is 0 Å². The van der Waals surface area contributed by atoms with Gasteiger partial charge in [0.25, 0.3) is 0 Å². The summed E-state index contributed by atoms with van der Waals surface area (Å²) in [6, 6.07) is 7.42. The summed E-state index contributed by atoms with van der Waals surface area (Å²) in [4.78, 5) is 5.07. The van der Waals surface area contributed by atoms with Gasteiger partial charge in [-0.25, -0.2) is 4.98 Å². The molecule has 0 amide bonds. The van der Waals surface area contributed by atoms with E-state index in [0.29, 0.717) is 6.04 Å². The van der Waals surface area contributed by atoms with Crippen LogP contribution in [0.15, 0.2) is 18.2 Å². The van der Waals surface area contributed by atoms with E-state index in [1.54, 1.807) is 0 Å². The quantitative estimate of drug-likeness (QED) is 0.906. The Balaban J connectivity index is 1.91. The number of benzene rings is 1. The second-order valence-electron chi connectivity index (χ2n) is 6.84. The SMILES string of the molecule is Cc1ccc2c(c1)nc(C1(C)CCNCC1)n2C1CC1. The van der Waals surface area contributed by atoms with Crippen molar-refractivity contribution in [2.24, 2.45) is 0 Å². The standard InChI is InChI=1S/C17H23N3/c1-12-3-6-15-14(11-12)19-16(20(15)13-4-5-13)17(2)7-9-18-10-8-17/h3,6,11,13,18H,4-5,7-10H2,1-2H3. The second-order valence-corrected chi connectivity index (χ2v) is 6.84. The number of imidazole rings is 1. The van der Waals surface area contributed by atoms with Gasteiger partial charge in [-0.2, -0.15) is 0 Å². The van der Waals surface area contributed by atoms with Crippen LogP contribution in [-0.2, 0) is 5.41 Å². The Kier molecular flexibility index (Phi) is 2.68. The van der Waals surface area contributed by atoms with E-state index in [-0.39, 0.29) is 5.41 Å². The molecule has 0 spiro atoms. The molecule has 2 aromatic rings. The molecule has 3 nitrogen and oxygen atoms in total. The summed E-state index contributed by atoms with van der Waals surface area (Å²) in [6.45, 7) is 6.79. The number of hydrogen-bond acceptors (Lipinski definition) is 2. The summed E-state index contributed by atoms with van der Waals surface area (Å²) >= 11 is 0. The minimum atomic E-state index is 0.237. The molecule has 2 fully saturated rings. The van der Waals surface area contributed by atoms with Crippen LogP contribution in [0, 0.1) is 6.92 Å². The summed E-state index contributed by atoms with van der Waals surface area (Å²) in [5.41, 5.74) is 4.07. The van der Waals surface area contributed by atoms with Gasteiger partial charge in [0.2, 0.25) is 0 Å². The van der Waals surface area contributed by atoms with Crippen molar-refractivity contribution in [3.05, 3.63) is 29.6 Å². The second kappa shape index (κ2) is 4.32. The Bertz CT molecular complexity index is 646. The zero-order valence-electron chi connectivity index (χ0n) is 12.4. The molecule has 1 aliphatic carbocycles. The number of fused-ring (bicyclic) bond motifs is 1. The molecule has 4 rings (SSSR count). The van der Waals surface area contributed by atoms with E-state index in [4.69, 9.17) is 4.98 Å². The van der Waals surface area contributed by atoms with Gasteiger partial charge in [0, 0.05) is 11.5 Å². The van der Waals surface area contributed by atoms with Crippen molar-refractivity contribution in [1.29, 1.82) is 0 Å². The molecule has 20 heavy (non-hydrogen) atoms. The van der Waals surface area contributed by atoms with Crippen LogP contribution in [0.4, 0.5) is 0 Å². The first kappa shape index (κ1) is 12.4. The Labute approximate surface area is 120 Å². The predicted molar refractivity (Wildman–Crippen MR) is 82.2 cm³/mol. The Morgan fingerprint density at radius 3 is 2.70 bits per heavy atom. The minimum absolute atomic E-state index is 0.237. The fourth-order valence-corrected chi connectivity index (χ4v) is 3.54. The summed E-state index contributed by atoms with van der Waals surface area (Å²) in [5.74, 6) is 1.34. The minimum Gasteiger partial charge on any atom is -0.324 e. The maximum Gasteiger partial charge on any atom is 0.116 e. The van der Waals surface area contributed by atoms with Crippen molar-refractivity contribution in [3.63, 3.8) is 0 Å². The summed E-state index contributed by atoms with van der Waals surface area (Å²) < 4.78 is 2.56. The molecule has 0 atom stereocenters. The largest absolute Gasteiger partial charge is 0.324 e. The molecule has 0 unspecified atom stereocenters. The van der Waals surface area contributed by atoms with Gasteiger partial charge in [-0.05, 0) is 63.4 Å². The van der Waals surface area contributed by atoms with Crippen molar-refractivity contribution in [2.45, 2.75) is 51.0 Å². The lowest BCUT2D eigenvalue weighted by molar-refractivity contribution is 0.310. The monoisotopic (exact) mass is 269 g/mol. The Hall–Kier alpha value is -1.35. The lowest BCUT2D eigenvalue weighted by Crippen LogP contribution is -2.39. The Morgan fingerprint density at radius 2 is 2.00 bits per heavy atom. The van der Waals surface area contributed by atoms with Crippen LogP contribution in [-0.4, -0.2) is 22.6 Å². The molecule has 3 heteroatoms. The van der Waals surface area contributed by atoms with Crippen LogP contribution in [0.5, 0.6) is 0 Å². The van der Waals surface area contributed by atoms with Gasteiger partial charge in [0.1, 0.15) is 5.82 Å². The highest BCUT2D eigenvalue weighted by Gasteiger charge is 2.38. The van der Waals surface area contributed by atoms with Crippen LogP contribution < -0.4 is 5.32 Å². The van der Waals surface area contributed by atoms with E-state index in [9.17, 15) is 0 Å². The zero-order valence-corrected chi connectivity index (χ0v) is 12.4. The van der Waals surface area contributed by atoms with Crippen molar-refractivity contribution in [3.8, 4) is 0 Å². The molecule has 1 saturated heterocycles. The number of hydrogen-bond donors (Lipinski definition) is 1. The maximum absolute atomic E-state index is 5.07. The molecule has 2 aliphatic rings. The molecule has 1 saturated carbocycles. The van der Waals surface area contributed by atoms with Gasteiger partial charge < -0.3 is 9.88 Å². The smallest absolute Gasteiger partial charge is 0.116 e. The van der Waals surface area contributed by atoms with Crippen LogP contribution in [0.25, 0.3) is 11.0 Å². The van der Waals surface area contributed by atoms with E-state index in [1.165, 1.54) is 48.1 Å². The van der Waals surface area contributed by atoms with E-state index in [1.807, 2.05) is 0 Å². The fourth-order valence-electron chi connectivity index (χ4n) is 3.54. The first-order chi connectivity index (χ1) is 9.67. The van der Waals surface area contributed by atoms with Gasteiger partial charge in [0.05, 0.1) is 11.0 Å². The van der Waals surface area contributed by atoms with E-state index in [2.05, 4.69) is 41.9 Å². The van der Waals surface area contributed by atoms with E-state index >= 15 is 0 Å². The summed E-state index contributed by atoms with van der Waals surface area (Å²) in [5, 5.41) is 3.48. The fraction of sp³-hybridized carbons (Fsp3) is 0.588. The number of aromatic nitrogens is 2. The molecular formula is C17H23N3. The van der Waals surface area contributed by atoms with E-state index < -0.39 is 0 Å². The molecule has 1 N–H and O–H groups in total. The molecule has 106 valence electrons. The third kappa shape index (κ3) is 1.87. The number of rotatable bonds is 2. The first-order valence-electron chi connectivity index (χ1n) is 7.87. The lowest BCUT2D eigenvalue weighted by Gasteiger charge is -2.34. The average Bonchev–Trinajstić information content (AvgIpc) is 3.20. The molecule has 1 aliphatic heterocycles. The summed E-state index contributed by atoms with van der Waals surface area (Å²) in [7, 11) is 0. The molecular weight excluding hydrogens is 246 g/mol. The third-order valence-electron chi connectivity index (χ3n) is 5.00. The third-order valence-corrected chi connectivity index (χ3v) is 5.00. The molecule has 1 aromatic carbocycles. The van der Waals surface area contributed by atoms with Gasteiger partial charge in [-0.15, -0.1) is 0 Å². The Morgan fingerprint density at radius 1 is 1.25 bits per heavy atom. The van der Waals surface area contributed by atoms with E-state index in [0.717, 1.165) is 13.1 Å². The average molecular weight is 269 g/mol. The summed E-state index contributed by atoms with van der Waals surface area (Å²) in [6.07, 6.45) is 5.03. The maximum atomic E-state index is 5.07. The van der Waals surface area contributed by atoms with Gasteiger partial charge >= 0.3 is 0 Å². The van der Waals surface area contributed by atoms with Gasteiger partial charge in [-0.3, -0.25) is 0 Å². The van der Waals surface area contributed by atoms with Crippen molar-refractivity contribution in [2.75, 3.05) is 13.1 Å². The highest BCUT2D eigenvalue weighted by molar-refractivity contribution is 5.77. The number of nitrogens with one attached hydrogen (secondary N) is 1. The van der Waals surface area contributed by atoms with Crippen molar-refractivity contribution >= 4 is 11.0 Å². The molecule has 2 heterocycles. The number of piperidine rings is 1. The number of aryl methyl sites for hydroxylation is 1. The first-order valence-corrected chi connectivity index (χ1v) is 7.87. The highest BCUT2D eigenvalue weighted by atomic mass is 15.1. The topological polar surface area (TPSA) is 29.9 Å². The molecule has 0 radical (unpaired) electrons.